The molecule has 0 saturated carbocycles. The molecular formula is C11H12N4O. The Morgan fingerprint density at radius 2 is 2.12 bits per heavy atom. The maximum Gasteiger partial charge on any atom is 0.225 e. The molecule has 2 N–H and O–H groups in total. The third-order valence-corrected chi connectivity index (χ3v) is 2.17. The average molecular weight is 216 g/mol. The van der Waals surface area contributed by atoms with E-state index < -0.39 is 0 Å². The van der Waals surface area contributed by atoms with Gasteiger partial charge in [0.1, 0.15) is 0 Å². The molecule has 0 atom stereocenters. The second kappa shape index (κ2) is 5.06. The molecule has 1 amide bonds. The highest BCUT2D eigenvalue weighted by molar-refractivity contribution is 5.89. The first-order chi connectivity index (χ1) is 7.84. The van der Waals surface area contributed by atoms with Crippen molar-refractivity contribution >= 4 is 11.7 Å². The minimum absolute atomic E-state index is 0.0576. The van der Waals surface area contributed by atoms with Crippen molar-refractivity contribution in [1.29, 1.82) is 0 Å². The summed E-state index contributed by atoms with van der Waals surface area (Å²) in [6, 6.07) is 9.89. The van der Waals surface area contributed by atoms with Crippen LogP contribution in [0.5, 0.6) is 0 Å². The number of aromatic amines is 1. The lowest BCUT2D eigenvalue weighted by Gasteiger charge is -2.01. The van der Waals surface area contributed by atoms with Gasteiger partial charge < -0.3 is 5.32 Å². The van der Waals surface area contributed by atoms with Crippen LogP contribution < -0.4 is 5.32 Å². The molecule has 2 aromatic rings. The zero-order valence-electron chi connectivity index (χ0n) is 8.68. The van der Waals surface area contributed by atoms with Crippen molar-refractivity contribution in [2.45, 2.75) is 12.8 Å². The quantitative estimate of drug-likeness (QED) is 0.811. The molecule has 2 rings (SSSR count). The number of carbonyl (C=O) groups is 1. The fraction of sp³-hybridized carbons (Fsp3) is 0.182. The number of nitrogens with one attached hydrogen (secondary N) is 2. The molecule has 0 radical (unpaired) electrons. The number of anilines is 1. The smallest absolute Gasteiger partial charge is 0.225 e. The number of H-pyrrole nitrogens is 1. The zero-order valence-corrected chi connectivity index (χ0v) is 8.68. The molecule has 0 unspecified atom stereocenters. The van der Waals surface area contributed by atoms with Gasteiger partial charge in [-0.15, -0.1) is 5.10 Å². The normalized spacial score (nSPS) is 10.0. The number of amides is 1. The predicted molar refractivity (Wildman–Crippen MR) is 59.8 cm³/mol. The molecule has 0 fully saturated rings. The predicted octanol–water partition coefficient (Wildman–Crippen LogP) is 1.38. The first kappa shape index (κ1) is 10.4. The van der Waals surface area contributed by atoms with Crippen molar-refractivity contribution in [1.82, 2.24) is 15.4 Å². The Morgan fingerprint density at radius 1 is 1.31 bits per heavy atom. The first-order valence-corrected chi connectivity index (χ1v) is 5.04. The number of benzene rings is 1. The van der Waals surface area contributed by atoms with E-state index in [1.807, 2.05) is 30.3 Å². The summed E-state index contributed by atoms with van der Waals surface area (Å²) in [5.41, 5.74) is 1.15. The van der Waals surface area contributed by atoms with Crippen molar-refractivity contribution in [2.75, 3.05) is 5.32 Å². The summed E-state index contributed by atoms with van der Waals surface area (Å²) in [5.74, 6) is 0.399. The lowest BCUT2D eigenvalue weighted by Crippen LogP contribution is -2.12. The van der Waals surface area contributed by atoms with Gasteiger partial charge in [0.25, 0.3) is 0 Å². The Morgan fingerprint density at radius 3 is 2.81 bits per heavy atom. The van der Waals surface area contributed by atoms with E-state index in [1.54, 1.807) is 0 Å². The molecular weight excluding hydrogens is 204 g/mol. The third-order valence-electron chi connectivity index (χ3n) is 2.17. The molecule has 0 aliphatic heterocycles. The standard InChI is InChI=1S/C11H12N4O/c16-11(13-10-8-12-15-14-10)7-6-9-4-2-1-3-5-9/h1-5,8H,6-7H2,(H2,12,13,14,15,16). The molecule has 5 nitrogen and oxygen atoms in total. The van der Waals surface area contributed by atoms with Crippen molar-refractivity contribution < 1.29 is 4.79 Å². The minimum Gasteiger partial charge on any atom is -0.308 e. The molecule has 0 aliphatic carbocycles. The maximum absolute atomic E-state index is 11.5. The third kappa shape index (κ3) is 2.91. The topological polar surface area (TPSA) is 70.7 Å². The first-order valence-electron chi connectivity index (χ1n) is 5.04. The summed E-state index contributed by atoms with van der Waals surface area (Å²) in [7, 11) is 0. The lowest BCUT2D eigenvalue weighted by atomic mass is 10.1. The van der Waals surface area contributed by atoms with Crippen molar-refractivity contribution in [2.24, 2.45) is 0 Å². The van der Waals surface area contributed by atoms with E-state index in [4.69, 9.17) is 0 Å². The minimum atomic E-state index is -0.0576. The van der Waals surface area contributed by atoms with Crippen molar-refractivity contribution in [3.05, 3.63) is 42.1 Å². The van der Waals surface area contributed by atoms with Gasteiger partial charge in [-0.05, 0) is 12.0 Å². The van der Waals surface area contributed by atoms with E-state index in [0.29, 0.717) is 12.2 Å². The highest BCUT2D eigenvalue weighted by Crippen LogP contribution is 2.04. The molecule has 0 bridgehead atoms. The molecule has 16 heavy (non-hydrogen) atoms. The Labute approximate surface area is 92.9 Å². The van der Waals surface area contributed by atoms with Crippen LogP contribution in [0.4, 0.5) is 5.82 Å². The summed E-state index contributed by atoms with van der Waals surface area (Å²) in [4.78, 5) is 11.5. The Hall–Kier alpha value is -2.17. The zero-order chi connectivity index (χ0) is 11.2. The second-order valence-corrected chi connectivity index (χ2v) is 3.39. The van der Waals surface area contributed by atoms with Gasteiger partial charge in [0.15, 0.2) is 5.82 Å². The molecule has 1 aromatic carbocycles. The number of aromatic nitrogens is 3. The summed E-state index contributed by atoms with van der Waals surface area (Å²) >= 11 is 0. The van der Waals surface area contributed by atoms with Crippen LogP contribution in [0.3, 0.4) is 0 Å². The van der Waals surface area contributed by atoms with Gasteiger partial charge in [-0.25, -0.2) is 0 Å². The van der Waals surface area contributed by atoms with Gasteiger partial charge in [-0.1, -0.05) is 30.3 Å². The highest BCUT2D eigenvalue weighted by atomic mass is 16.1. The number of carbonyl (C=O) groups excluding carboxylic acids is 1. The fourth-order valence-electron chi connectivity index (χ4n) is 1.37. The van der Waals surface area contributed by atoms with E-state index in [0.717, 1.165) is 12.0 Å². The van der Waals surface area contributed by atoms with Crippen LogP contribution in [-0.2, 0) is 11.2 Å². The second-order valence-electron chi connectivity index (χ2n) is 3.39. The summed E-state index contributed by atoms with van der Waals surface area (Å²) < 4.78 is 0. The molecule has 0 spiro atoms. The Kier molecular flexibility index (Phi) is 3.28. The SMILES string of the molecule is O=C(CCc1ccccc1)Nc1cn[nH]n1. The van der Waals surface area contributed by atoms with Crippen LogP contribution in [0.2, 0.25) is 0 Å². The number of rotatable bonds is 4. The molecule has 1 aromatic heterocycles. The van der Waals surface area contributed by atoms with Crippen LogP contribution in [-0.4, -0.2) is 21.3 Å². The van der Waals surface area contributed by atoms with E-state index in [9.17, 15) is 4.79 Å². The van der Waals surface area contributed by atoms with Gasteiger partial charge in [0, 0.05) is 6.42 Å². The molecule has 5 heteroatoms. The molecule has 0 aliphatic rings. The molecule has 82 valence electrons. The van der Waals surface area contributed by atoms with Gasteiger partial charge in [0.2, 0.25) is 5.91 Å². The van der Waals surface area contributed by atoms with Gasteiger partial charge in [0.05, 0.1) is 6.20 Å². The number of aryl methyl sites for hydroxylation is 1. The largest absolute Gasteiger partial charge is 0.308 e. The van der Waals surface area contributed by atoms with E-state index >= 15 is 0 Å². The van der Waals surface area contributed by atoms with Gasteiger partial charge in [-0.2, -0.15) is 10.3 Å². The van der Waals surface area contributed by atoms with Crippen LogP contribution in [0, 0.1) is 0 Å². The van der Waals surface area contributed by atoms with Crippen LogP contribution >= 0.6 is 0 Å². The van der Waals surface area contributed by atoms with Crippen molar-refractivity contribution in [3.63, 3.8) is 0 Å². The highest BCUT2D eigenvalue weighted by Gasteiger charge is 2.04. The summed E-state index contributed by atoms with van der Waals surface area (Å²) in [5, 5.41) is 12.4. The van der Waals surface area contributed by atoms with E-state index in [2.05, 4.69) is 20.7 Å². The lowest BCUT2D eigenvalue weighted by molar-refractivity contribution is -0.116. The molecule has 0 saturated heterocycles. The maximum atomic E-state index is 11.5. The Balaban J connectivity index is 1.80. The van der Waals surface area contributed by atoms with Crippen molar-refractivity contribution in [3.8, 4) is 0 Å². The number of hydrogen-bond acceptors (Lipinski definition) is 3. The van der Waals surface area contributed by atoms with Crippen LogP contribution in [0.25, 0.3) is 0 Å². The number of hydrogen-bond donors (Lipinski definition) is 2. The molecule has 1 heterocycles. The number of nitrogens with zero attached hydrogens (tertiary/aromatic N) is 2. The summed E-state index contributed by atoms with van der Waals surface area (Å²) in [6.07, 6.45) is 2.64. The van der Waals surface area contributed by atoms with Gasteiger partial charge in [-0.3, -0.25) is 4.79 Å². The van der Waals surface area contributed by atoms with E-state index in [1.165, 1.54) is 6.20 Å². The van der Waals surface area contributed by atoms with Gasteiger partial charge >= 0.3 is 0 Å². The summed E-state index contributed by atoms with van der Waals surface area (Å²) in [6.45, 7) is 0. The van der Waals surface area contributed by atoms with E-state index in [-0.39, 0.29) is 5.91 Å². The fourth-order valence-corrected chi connectivity index (χ4v) is 1.37. The van der Waals surface area contributed by atoms with Crippen LogP contribution in [0.1, 0.15) is 12.0 Å². The van der Waals surface area contributed by atoms with Crippen LogP contribution in [0.15, 0.2) is 36.5 Å². The average Bonchev–Trinajstić information content (AvgIpc) is 2.81. The Bertz CT molecular complexity index is 438. The monoisotopic (exact) mass is 216 g/mol.